The molecule has 0 spiro atoms. The molecule has 2 heterocycles. The van der Waals surface area contributed by atoms with Crippen molar-refractivity contribution in [3.05, 3.63) is 93.7 Å². The summed E-state index contributed by atoms with van der Waals surface area (Å²) in [6.45, 7) is 0. The van der Waals surface area contributed by atoms with Crippen LogP contribution in [0.4, 0.5) is 5.69 Å². The Bertz CT molecular complexity index is 1100. The van der Waals surface area contributed by atoms with Gasteiger partial charge in [-0.05, 0) is 24.3 Å². The largest absolute Gasteiger partial charge is 0.456 e. The summed E-state index contributed by atoms with van der Waals surface area (Å²) in [7, 11) is 0. The second kappa shape index (κ2) is 6.72. The number of hydrogen-bond donors (Lipinski definition) is 0. The predicted molar refractivity (Wildman–Crippen MR) is 97.8 cm³/mol. The van der Waals surface area contributed by atoms with Crippen molar-refractivity contribution < 1.29 is 19.0 Å². The van der Waals surface area contributed by atoms with Crippen LogP contribution in [0.1, 0.15) is 11.3 Å². The first-order valence-electron chi connectivity index (χ1n) is 8.04. The van der Waals surface area contributed by atoms with Crippen molar-refractivity contribution in [3.63, 3.8) is 0 Å². The normalized spacial score (nSPS) is 14.9. The zero-order chi connectivity index (χ0) is 18.8. The smallest absolute Gasteiger partial charge is 0.368 e. The lowest BCUT2D eigenvalue weighted by Crippen LogP contribution is -2.06. The van der Waals surface area contributed by atoms with Gasteiger partial charge in [0.2, 0.25) is 0 Å². The number of para-hydroxylation sites is 1. The molecule has 27 heavy (non-hydrogen) atoms. The van der Waals surface area contributed by atoms with Gasteiger partial charge < -0.3 is 9.25 Å². The molecule has 0 aliphatic carbocycles. The Morgan fingerprint density at radius 2 is 1.70 bits per heavy atom. The van der Waals surface area contributed by atoms with Crippen molar-refractivity contribution >= 4 is 23.4 Å². The Morgan fingerprint density at radius 1 is 0.963 bits per heavy atom. The number of hydrogen-bond acceptors (Lipinski definition) is 6. The third-order valence-corrected chi connectivity index (χ3v) is 4.02. The molecule has 4 rings (SSSR count). The first-order chi connectivity index (χ1) is 13.1. The van der Waals surface area contributed by atoms with Gasteiger partial charge in [0.25, 0.3) is 5.69 Å². The second-order valence-electron chi connectivity index (χ2n) is 5.72. The lowest BCUT2D eigenvalue weighted by molar-refractivity contribution is -0.384. The molecule has 0 saturated carbocycles. The van der Waals surface area contributed by atoms with Gasteiger partial charge in [0.1, 0.15) is 17.2 Å². The maximum absolute atomic E-state index is 12.0. The van der Waals surface area contributed by atoms with Gasteiger partial charge >= 0.3 is 5.97 Å². The molecule has 7 heteroatoms. The molecule has 1 aliphatic heterocycles. The highest BCUT2D eigenvalue weighted by molar-refractivity contribution is 6.31. The van der Waals surface area contributed by atoms with Gasteiger partial charge in [-0.25, -0.2) is 4.79 Å². The van der Waals surface area contributed by atoms with E-state index in [2.05, 4.69) is 5.16 Å². The summed E-state index contributed by atoms with van der Waals surface area (Å²) >= 11 is 0. The van der Waals surface area contributed by atoms with E-state index in [0.717, 1.165) is 5.56 Å². The Kier molecular flexibility index (Phi) is 4.10. The highest BCUT2D eigenvalue weighted by atomic mass is 16.7. The van der Waals surface area contributed by atoms with Crippen LogP contribution in [0.5, 0.6) is 0 Å². The fourth-order valence-corrected chi connectivity index (χ4v) is 2.77. The highest BCUT2D eigenvalue weighted by Crippen LogP contribution is 2.32. The van der Waals surface area contributed by atoms with Gasteiger partial charge in [0.05, 0.1) is 16.1 Å². The van der Waals surface area contributed by atoms with Crippen LogP contribution in [0.15, 0.2) is 81.9 Å². The van der Waals surface area contributed by atoms with Crippen LogP contribution in [0, 0.1) is 10.1 Å². The monoisotopic (exact) mass is 360 g/mol. The molecule has 0 N–H and O–H groups in total. The predicted octanol–water partition coefficient (Wildman–Crippen LogP) is 4.20. The average molecular weight is 360 g/mol. The third kappa shape index (κ3) is 3.13. The van der Waals surface area contributed by atoms with Gasteiger partial charge in [-0.1, -0.05) is 47.6 Å². The molecule has 0 unspecified atom stereocenters. The van der Waals surface area contributed by atoms with Crippen molar-refractivity contribution in [1.82, 2.24) is 0 Å². The van der Waals surface area contributed by atoms with E-state index in [-0.39, 0.29) is 11.3 Å². The summed E-state index contributed by atoms with van der Waals surface area (Å²) in [6.07, 6.45) is 1.51. The SMILES string of the molecule is O=C1ON=C(c2ccccc2)/C1=C/c1ccc(-c2ccccc2[N+](=O)[O-])o1. The van der Waals surface area contributed by atoms with Crippen molar-refractivity contribution in [2.75, 3.05) is 0 Å². The summed E-state index contributed by atoms with van der Waals surface area (Å²) in [6, 6.07) is 18.7. The molecule has 0 fully saturated rings. The number of carbonyl (C=O) groups is 1. The molecule has 7 nitrogen and oxygen atoms in total. The number of furan rings is 1. The van der Waals surface area contributed by atoms with Crippen molar-refractivity contribution in [3.8, 4) is 11.3 Å². The van der Waals surface area contributed by atoms with Crippen molar-refractivity contribution in [2.24, 2.45) is 5.16 Å². The quantitative estimate of drug-likeness (QED) is 0.301. The minimum absolute atomic E-state index is 0.0575. The van der Waals surface area contributed by atoms with Crippen LogP contribution in [0.3, 0.4) is 0 Å². The minimum atomic E-state index is -0.586. The van der Waals surface area contributed by atoms with Gasteiger partial charge in [0, 0.05) is 11.6 Å². The molecule has 0 amide bonds. The Hall–Kier alpha value is -4.00. The molecule has 0 bridgehead atoms. The number of nitrogens with zero attached hydrogens (tertiary/aromatic N) is 2. The van der Waals surface area contributed by atoms with Crippen LogP contribution in [-0.4, -0.2) is 16.6 Å². The lowest BCUT2D eigenvalue weighted by atomic mass is 10.0. The van der Waals surface area contributed by atoms with Crippen LogP contribution < -0.4 is 0 Å². The topological polar surface area (TPSA) is 94.9 Å². The molecule has 1 aromatic heterocycles. The Labute approximate surface area is 153 Å². The van der Waals surface area contributed by atoms with Crippen molar-refractivity contribution in [1.29, 1.82) is 0 Å². The second-order valence-corrected chi connectivity index (χ2v) is 5.72. The molecular weight excluding hydrogens is 348 g/mol. The molecule has 2 aromatic carbocycles. The third-order valence-electron chi connectivity index (χ3n) is 4.02. The molecule has 0 radical (unpaired) electrons. The van der Waals surface area contributed by atoms with E-state index in [1.165, 1.54) is 12.1 Å². The summed E-state index contributed by atoms with van der Waals surface area (Å²) in [5, 5.41) is 15.0. The van der Waals surface area contributed by atoms with Gasteiger partial charge in [-0.15, -0.1) is 0 Å². The van der Waals surface area contributed by atoms with E-state index >= 15 is 0 Å². The summed E-state index contributed by atoms with van der Waals surface area (Å²) < 4.78 is 5.71. The first-order valence-corrected chi connectivity index (χ1v) is 8.04. The number of carbonyl (C=O) groups excluding carboxylic acids is 1. The van der Waals surface area contributed by atoms with E-state index in [4.69, 9.17) is 9.25 Å². The van der Waals surface area contributed by atoms with Gasteiger partial charge in [-0.3, -0.25) is 10.1 Å². The van der Waals surface area contributed by atoms with E-state index in [1.54, 1.807) is 30.3 Å². The zero-order valence-electron chi connectivity index (χ0n) is 13.9. The van der Waals surface area contributed by atoms with Gasteiger partial charge in [0.15, 0.2) is 0 Å². The van der Waals surface area contributed by atoms with E-state index in [1.807, 2.05) is 30.3 Å². The maximum Gasteiger partial charge on any atom is 0.368 e. The molecule has 0 saturated heterocycles. The van der Waals surface area contributed by atoms with Crippen LogP contribution in [-0.2, 0) is 9.63 Å². The van der Waals surface area contributed by atoms with E-state index in [9.17, 15) is 14.9 Å². The summed E-state index contributed by atoms with van der Waals surface area (Å²) in [5.74, 6) is 0.108. The Morgan fingerprint density at radius 3 is 2.48 bits per heavy atom. The maximum atomic E-state index is 12.0. The lowest BCUT2D eigenvalue weighted by Gasteiger charge is -2.00. The molecule has 3 aromatic rings. The molecular formula is C20H12N2O5. The fraction of sp³-hybridized carbons (Fsp3) is 0. The van der Waals surface area contributed by atoms with Crippen LogP contribution >= 0.6 is 0 Å². The molecule has 0 atom stereocenters. The Balaban J connectivity index is 1.71. The summed E-state index contributed by atoms with van der Waals surface area (Å²) in [4.78, 5) is 27.6. The highest BCUT2D eigenvalue weighted by Gasteiger charge is 2.27. The van der Waals surface area contributed by atoms with E-state index < -0.39 is 10.9 Å². The molecule has 132 valence electrons. The van der Waals surface area contributed by atoms with Crippen molar-refractivity contribution in [2.45, 2.75) is 0 Å². The standard InChI is InChI=1S/C20H12N2O5/c23-20-16(19(21-27-20)13-6-2-1-3-7-13)12-14-10-11-18(26-14)15-8-4-5-9-17(15)22(24)25/h1-12H/b16-12-. The number of rotatable bonds is 4. The number of nitro benzene ring substituents is 1. The number of nitro groups is 1. The van der Waals surface area contributed by atoms with Crippen LogP contribution in [0.25, 0.3) is 17.4 Å². The minimum Gasteiger partial charge on any atom is -0.456 e. The number of benzene rings is 2. The van der Waals surface area contributed by atoms with Gasteiger partial charge in [-0.2, -0.15) is 0 Å². The fourth-order valence-electron chi connectivity index (χ4n) is 2.77. The summed E-state index contributed by atoms with van der Waals surface area (Å²) in [5.41, 5.74) is 1.70. The molecule has 1 aliphatic rings. The zero-order valence-corrected chi connectivity index (χ0v) is 13.9. The average Bonchev–Trinajstić information content (AvgIpc) is 3.30. The number of oxime groups is 1. The first kappa shape index (κ1) is 16.5. The van der Waals surface area contributed by atoms with Crippen LogP contribution in [0.2, 0.25) is 0 Å². The van der Waals surface area contributed by atoms with E-state index in [0.29, 0.717) is 22.8 Å².